The second kappa shape index (κ2) is 9.68. The van der Waals surface area contributed by atoms with Crippen LogP contribution in [-0.2, 0) is 16.8 Å². The van der Waals surface area contributed by atoms with Crippen LogP contribution in [0.1, 0.15) is 37.8 Å². The van der Waals surface area contributed by atoms with Gasteiger partial charge >= 0.3 is 12.0 Å². The van der Waals surface area contributed by atoms with E-state index in [0.29, 0.717) is 12.0 Å². The molecule has 0 aliphatic rings. The largest absolute Gasteiger partial charge is 0.481 e. The normalized spacial score (nSPS) is 12.1. The highest BCUT2D eigenvalue weighted by Gasteiger charge is 2.30. The number of carboxylic acids is 1. The molecule has 2 aromatic carbocycles. The third kappa shape index (κ3) is 6.60. The number of carboxylic acid groups (broad SMARTS) is 1. The first kappa shape index (κ1) is 21.9. The van der Waals surface area contributed by atoms with Gasteiger partial charge < -0.3 is 15.7 Å². The fourth-order valence-electron chi connectivity index (χ4n) is 3.16. The van der Waals surface area contributed by atoms with Crippen molar-refractivity contribution in [2.24, 2.45) is 0 Å². The number of amides is 2. The van der Waals surface area contributed by atoms with Gasteiger partial charge in [-0.25, -0.2) is 4.79 Å². The van der Waals surface area contributed by atoms with Gasteiger partial charge in [0.1, 0.15) is 0 Å². The summed E-state index contributed by atoms with van der Waals surface area (Å²) in [5.74, 6) is -0.939. The molecule has 0 spiro atoms. The molecule has 0 fully saturated rings. The molecule has 0 aliphatic carbocycles. The van der Waals surface area contributed by atoms with Crippen LogP contribution in [0.25, 0.3) is 0 Å². The Balaban J connectivity index is 2.11. The number of aliphatic carboxylic acids is 1. The van der Waals surface area contributed by atoms with Gasteiger partial charge in [0, 0.05) is 18.5 Å². The quantitative estimate of drug-likeness (QED) is 0.439. The summed E-state index contributed by atoms with van der Waals surface area (Å²) in [6, 6.07) is 14.8. The van der Waals surface area contributed by atoms with Crippen LogP contribution in [0.3, 0.4) is 0 Å². The summed E-state index contributed by atoms with van der Waals surface area (Å²) < 4.78 is 0. The van der Waals surface area contributed by atoms with E-state index in [1.54, 1.807) is 32.0 Å². The van der Waals surface area contributed by atoms with Crippen molar-refractivity contribution in [1.29, 1.82) is 0 Å². The Kier molecular flexibility index (Phi) is 7.30. The first-order valence-corrected chi connectivity index (χ1v) is 9.27. The zero-order valence-electron chi connectivity index (χ0n) is 16.4. The number of carbonyl (C=O) groups excluding carboxylic acids is 1. The Labute approximate surface area is 169 Å². The van der Waals surface area contributed by atoms with Crippen molar-refractivity contribution in [1.82, 2.24) is 10.6 Å². The van der Waals surface area contributed by atoms with Gasteiger partial charge in [0.05, 0.1) is 16.0 Å². The number of rotatable bonds is 9. The van der Waals surface area contributed by atoms with Crippen molar-refractivity contribution < 1.29 is 19.6 Å². The molecule has 2 rings (SSSR count). The summed E-state index contributed by atoms with van der Waals surface area (Å²) in [5.41, 5.74) is 0.272. The molecule has 154 valence electrons. The van der Waals surface area contributed by atoms with Gasteiger partial charge in [0.15, 0.2) is 0 Å². The third-order valence-electron chi connectivity index (χ3n) is 4.57. The first-order valence-electron chi connectivity index (χ1n) is 9.27. The highest BCUT2D eigenvalue weighted by molar-refractivity contribution is 5.76. The van der Waals surface area contributed by atoms with Crippen LogP contribution in [0.5, 0.6) is 0 Å². The molecule has 0 aromatic heterocycles. The van der Waals surface area contributed by atoms with Crippen LogP contribution in [0.15, 0.2) is 54.6 Å². The third-order valence-corrected chi connectivity index (χ3v) is 4.57. The van der Waals surface area contributed by atoms with Crippen LogP contribution >= 0.6 is 0 Å². The van der Waals surface area contributed by atoms with Gasteiger partial charge in [0.25, 0.3) is 5.69 Å². The van der Waals surface area contributed by atoms with Crippen LogP contribution in [0.2, 0.25) is 0 Å². The summed E-state index contributed by atoms with van der Waals surface area (Å²) in [7, 11) is 0. The smallest absolute Gasteiger partial charge is 0.315 e. The van der Waals surface area contributed by atoms with Gasteiger partial charge in [0.2, 0.25) is 0 Å². The van der Waals surface area contributed by atoms with E-state index in [9.17, 15) is 19.7 Å². The standard InChI is InChI=1S/C21H25N3O5/c1-21(2,17-10-6-7-11-18(17)24(28)29)23-20(27)22-16(12-13-19(25)26)14-15-8-4-3-5-9-15/h3-11,16H,12-14H2,1-2H3,(H,25,26)(H2,22,23,27). The summed E-state index contributed by atoms with van der Waals surface area (Å²) in [6.45, 7) is 3.36. The van der Waals surface area contributed by atoms with Crippen molar-refractivity contribution in [3.05, 3.63) is 75.8 Å². The van der Waals surface area contributed by atoms with Crippen LogP contribution in [0.4, 0.5) is 10.5 Å². The fourth-order valence-corrected chi connectivity index (χ4v) is 3.16. The van der Waals surface area contributed by atoms with Gasteiger partial charge in [-0.3, -0.25) is 14.9 Å². The zero-order valence-corrected chi connectivity index (χ0v) is 16.4. The molecule has 2 aromatic rings. The SMILES string of the molecule is CC(C)(NC(=O)NC(CCC(=O)O)Cc1ccccc1)c1ccccc1[N+](=O)[O-]. The highest BCUT2D eigenvalue weighted by Crippen LogP contribution is 2.29. The fraction of sp³-hybridized carbons (Fsp3) is 0.333. The van der Waals surface area contributed by atoms with Crippen molar-refractivity contribution in [2.75, 3.05) is 0 Å². The molecule has 8 nitrogen and oxygen atoms in total. The van der Waals surface area contributed by atoms with Crippen LogP contribution < -0.4 is 10.6 Å². The van der Waals surface area contributed by atoms with E-state index in [1.807, 2.05) is 30.3 Å². The molecule has 0 aliphatic heterocycles. The lowest BCUT2D eigenvalue weighted by molar-refractivity contribution is -0.386. The molecular formula is C21H25N3O5. The molecule has 8 heteroatoms. The number of nitro groups is 1. The van der Waals surface area contributed by atoms with Crippen molar-refractivity contribution >= 4 is 17.7 Å². The lowest BCUT2D eigenvalue weighted by Gasteiger charge is -2.28. The average molecular weight is 399 g/mol. The Morgan fingerprint density at radius 1 is 1.10 bits per heavy atom. The average Bonchev–Trinajstić information content (AvgIpc) is 2.66. The Morgan fingerprint density at radius 2 is 1.72 bits per heavy atom. The Bertz CT molecular complexity index is 868. The number of para-hydroxylation sites is 1. The number of benzene rings is 2. The van der Waals surface area contributed by atoms with E-state index in [1.165, 1.54) is 6.07 Å². The number of nitrogens with zero attached hydrogens (tertiary/aromatic N) is 1. The molecule has 0 saturated carbocycles. The van der Waals surface area contributed by atoms with Gasteiger partial charge in [-0.1, -0.05) is 42.5 Å². The number of nitrogens with one attached hydrogen (secondary N) is 2. The lowest BCUT2D eigenvalue weighted by Crippen LogP contribution is -2.50. The summed E-state index contributed by atoms with van der Waals surface area (Å²) >= 11 is 0. The minimum absolute atomic E-state index is 0.0780. The summed E-state index contributed by atoms with van der Waals surface area (Å²) in [4.78, 5) is 34.4. The molecule has 0 radical (unpaired) electrons. The molecule has 1 atom stereocenters. The summed E-state index contributed by atoms with van der Waals surface area (Å²) in [6.07, 6.45) is 0.669. The molecule has 1 unspecified atom stereocenters. The minimum Gasteiger partial charge on any atom is -0.481 e. The second-order valence-corrected chi connectivity index (χ2v) is 7.32. The van der Waals surface area contributed by atoms with Crippen LogP contribution in [-0.4, -0.2) is 28.1 Å². The van der Waals surface area contributed by atoms with E-state index in [0.717, 1.165) is 5.56 Å². The maximum atomic E-state index is 12.6. The van der Waals surface area contributed by atoms with Crippen molar-refractivity contribution in [3.8, 4) is 0 Å². The van der Waals surface area contributed by atoms with E-state index >= 15 is 0 Å². The first-order chi connectivity index (χ1) is 13.7. The topological polar surface area (TPSA) is 122 Å². The highest BCUT2D eigenvalue weighted by atomic mass is 16.6. The predicted octanol–water partition coefficient (Wildman–Crippen LogP) is 3.61. The van der Waals surface area contributed by atoms with E-state index in [2.05, 4.69) is 10.6 Å². The van der Waals surface area contributed by atoms with Gasteiger partial charge in [-0.15, -0.1) is 0 Å². The monoisotopic (exact) mass is 399 g/mol. The number of hydrogen-bond acceptors (Lipinski definition) is 4. The molecule has 0 saturated heterocycles. The molecule has 2 amide bonds. The van der Waals surface area contributed by atoms with E-state index < -0.39 is 28.5 Å². The number of hydrogen-bond donors (Lipinski definition) is 3. The maximum Gasteiger partial charge on any atom is 0.315 e. The molecule has 3 N–H and O–H groups in total. The minimum atomic E-state index is -1.00. The van der Waals surface area contributed by atoms with E-state index in [-0.39, 0.29) is 18.5 Å². The Hall–Kier alpha value is -3.42. The molecule has 0 heterocycles. The summed E-state index contributed by atoms with van der Waals surface area (Å²) in [5, 5.41) is 25.9. The lowest BCUT2D eigenvalue weighted by atomic mass is 9.93. The maximum absolute atomic E-state index is 12.6. The van der Waals surface area contributed by atoms with Crippen LogP contribution in [0, 0.1) is 10.1 Å². The second-order valence-electron chi connectivity index (χ2n) is 7.32. The van der Waals surface area contributed by atoms with Crippen molar-refractivity contribution in [2.45, 2.75) is 44.7 Å². The number of carbonyl (C=O) groups is 2. The predicted molar refractivity (Wildman–Crippen MR) is 109 cm³/mol. The van der Waals surface area contributed by atoms with Gasteiger partial charge in [-0.2, -0.15) is 0 Å². The Morgan fingerprint density at radius 3 is 2.34 bits per heavy atom. The van der Waals surface area contributed by atoms with E-state index in [4.69, 9.17) is 5.11 Å². The number of urea groups is 1. The van der Waals surface area contributed by atoms with Gasteiger partial charge in [-0.05, 0) is 38.3 Å². The molecule has 0 bridgehead atoms. The van der Waals surface area contributed by atoms with Crippen molar-refractivity contribution in [3.63, 3.8) is 0 Å². The number of nitro benzene ring substituents is 1. The molecular weight excluding hydrogens is 374 g/mol. The molecule has 29 heavy (non-hydrogen) atoms. The zero-order chi connectivity index (χ0) is 21.4.